The summed E-state index contributed by atoms with van der Waals surface area (Å²) in [6.45, 7) is 3.82. The quantitative estimate of drug-likeness (QED) is 0.583. The topological polar surface area (TPSA) is 70.2 Å². The maximum atomic E-state index is 13.6. The molecule has 192 valence electrons. The van der Waals surface area contributed by atoms with Gasteiger partial charge in [-0.2, -0.15) is 0 Å². The third-order valence-corrected chi connectivity index (χ3v) is 7.00. The van der Waals surface area contributed by atoms with Gasteiger partial charge in [-0.15, -0.1) is 0 Å². The monoisotopic (exact) mass is 499 g/mol. The molecule has 4 rings (SSSR count). The molecule has 2 aliphatic rings. The molecule has 7 nitrogen and oxygen atoms in total. The largest absolute Gasteiger partial charge is 0.497 e. The number of likely N-dealkylation sites (tertiary alicyclic amines) is 1. The van der Waals surface area contributed by atoms with Gasteiger partial charge in [-0.3, -0.25) is 14.4 Å². The number of methoxy groups -OCH3 is 1. The first-order valence-electron chi connectivity index (χ1n) is 12.3. The fraction of sp³-hybridized carbons (Fsp3) is 0.444. The minimum Gasteiger partial charge on any atom is -0.497 e. The number of rotatable bonds is 7. The molecule has 0 bridgehead atoms. The standard InChI is InChI=1S/C27H31F2N3O4/c1-3-4-11-32-24(33)17-21(25(32)18-5-8-20(36-2)9-6-18)27(35)31-14-12-30(13-15-31)26(34)19-7-10-22(28)23(29)16-19/h5-10,16,21,25H,3-4,11-15,17H2,1-2H3. The number of halogens is 2. The summed E-state index contributed by atoms with van der Waals surface area (Å²) in [5.41, 5.74) is 0.962. The highest BCUT2D eigenvalue weighted by atomic mass is 19.2. The second-order valence-electron chi connectivity index (χ2n) is 9.22. The average molecular weight is 500 g/mol. The molecule has 2 saturated heterocycles. The number of hydrogen-bond acceptors (Lipinski definition) is 4. The zero-order chi connectivity index (χ0) is 25.8. The van der Waals surface area contributed by atoms with Crippen LogP contribution in [0.15, 0.2) is 42.5 Å². The van der Waals surface area contributed by atoms with E-state index < -0.39 is 23.5 Å². The lowest BCUT2D eigenvalue weighted by Crippen LogP contribution is -2.52. The van der Waals surface area contributed by atoms with Crippen molar-refractivity contribution in [3.8, 4) is 5.75 Å². The smallest absolute Gasteiger partial charge is 0.254 e. The van der Waals surface area contributed by atoms with Gasteiger partial charge in [-0.05, 0) is 42.3 Å². The van der Waals surface area contributed by atoms with Crippen LogP contribution in [0.1, 0.15) is 48.1 Å². The summed E-state index contributed by atoms with van der Waals surface area (Å²) < 4.78 is 32.1. The molecule has 2 atom stereocenters. The average Bonchev–Trinajstić information content (AvgIpc) is 3.24. The van der Waals surface area contributed by atoms with Crippen molar-refractivity contribution in [1.82, 2.24) is 14.7 Å². The zero-order valence-electron chi connectivity index (χ0n) is 20.6. The number of carbonyl (C=O) groups excluding carboxylic acids is 3. The Hall–Kier alpha value is -3.49. The highest BCUT2D eigenvalue weighted by Crippen LogP contribution is 2.40. The van der Waals surface area contributed by atoms with E-state index in [0.717, 1.165) is 30.5 Å². The lowest BCUT2D eigenvalue weighted by molar-refractivity contribution is -0.138. The van der Waals surface area contributed by atoms with Crippen LogP contribution in [0.25, 0.3) is 0 Å². The van der Waals surface area contributed by atoms with Crippen molar-refractivity contribution in [2.75, 3.05) is 39.8 Å². The Kier molecular flexibility index (Phi) is 7.86. The van der Waals surface area contributed by atoms with E-state index in [1.807, 2.05) is 29.2 Å². The van der Waals surface area contributed by atoms with Crippen LogP contribution in [0.2, 0.25) is 0 Å². The van der Waals surface area contributed by atoms with E-state index in [0.29, 0.717) is 25.4 Å². The van der Waals surface area contributed by atoms with Crippen LogP contribution >= 0.6 is 0 Å². The zero-order valence-corrected chi connectivity index (χ0v) is 20.6. The minimum atomic E-state index is -1.07. The van der Waals surface area contributed by atoms with Gasteiger partial charge in [0.05, 0.1) is 19.1 Å². The maximum Gasteiger partial charge on any atom is 0.254 e. The van der Waals surface area contributed by atoms with E-state index in [1.165, 1.54) is 11.0 Å². The number of piperazine rings is 1. The molecular formula is C27H31F2N3O4. The van der Waals surface area contributed by atoms with Crippen LogP contribution < -0.4 is 4.74 Å². The third-order valence-electron chi connectivity index (χ3n) is 7.00. The van der Waals surface area contributed by atoms with Crippen molar-refractivity contribution >= 4 is 17.7 Å². The predicted octanol–water partition coefficient (Wildman–Crippen LogP) is 3.65. The summed E-state index contributed by atoms with van der Waals surface area (Å²) in [4.78, 5) is 44.4. The summed E-state index contributed by atoms with van der Waals surface area (Å²) in [6.07, 6.45) is 1.93. The van der Waals surface area contributed by atoms with Crippen LogP contribution in [0, 0.1) is 17.6 Å². The summed E-state index contributed by atoms with van der Waals surface area (Å²) in [7, 11) is 1.59. The Labute approximate surface area is 209 Å². The number of hydrogen-bond donors (Lipinski definition) is 0. The highest BCUT2D eigenvalue weighted by Gasteiger charge is 2.46. The van der Waals surface area contributed by atoms with E-state index in [1.54, 1.807) is 12.0 Å². The van der Waals surface area contributed by atoms with Gasteiger partial charge in [-0.1, -0.05) is 25.5 Å². The van der Waals surface area contributed by atoms with E-state index >= 15 is 0 Å². The van der Waals surface area contributed by atoms with Crippen LogP contribution in [-0.4, -0.2) is 72.3 Å². The van der Waals surface area contributed by atoms with Crippen molar-refractivity contribution in [1.29, 1.82) is 0 Å². The van der Waals surface area contributed by atoms with Gasteiger partial charge in [0.2, 0.25) is 11.8 Å². The Morgan fingerprint density at radius 2 is 1.64 bits per heavy atom. The molecule has 0 spiro atoms. The van der Waals surface area contributed by atoms with Gasteiger partial charge < -0.3 is 19.4 Å². The Morgan fingerprint density at radius 1 is 0.972 bits per heavy atom. The predicted molar refractivity (Wildman–Crippen MR) is 129 cm³/mol. The molecule has 2 aromatic carbocycles. The molecule has 0 aliphatic carbocycles. The fourth-order valence-corrected chi connectivity index (χ4v) is 4.99. The van der Waals surface area contributed by atoms with Crippen LogP contribution in [0.3, 0.4) is 0 Å². The number of nitrogens with zero attached hydrogens (tertiary/aromatic N) is 3. The Bertz CT molecular complexity index is 1120. The first kappa shape index (κ1) is 25.6. The molecule has 2 aromatic rings. The molecule has 9 heteroatoms. The van der Waals surface area contributed by atoms with Gasteiger partial charge in [0.1, 0.15) is 5.75 Å². The Morgan fingerprint density at radius 3 is 2.25 bits per heavy atom. The molecule has 3 amide bonds. The molecule has 2 unspecified atom stereocenters. The number of unbranched alkanes of at least 4 members (excludes halogenated alkanes) is 1. The minimum absolute atomic E-state index is 0.0326. The summed E-state index contributed by atoms with van der Waals surface area (Å²) in [5.74, 6) is -2.44. The fourth-order valence-electron chi connectivity index (χ4n) is 4.99. The van der Waals surface area contributed by atoms with Crippen LogP contribution in [0.4, 0.5) is 8.78 Å². The normalized spacial score (nSPS) is 20.1. The SMILES string of the molecule is CCCCN1C(=O)CC(C(=O)N2CCN(C(=O)c3ccc(F)c(F)c3)CC2)C1c1ccc(OC)cc1. The van der Waals surface area contributed by atoms with Gasteiger partial charge in [0, 0.05) is 44.7 Å². The first-order chi connectivity index (χ1) is 17.3. The molecule has 0 saturated carbocycles. The second-order valence-corrected chi connectivity index (χ2v) is 9.22. The number of benzene rings is 2. The first-order valence-corrected chi connectivity index (χ1v) is 12.3. The van der Waals surface area contributed by atoms with Gasteiger partial charge in [0.15, 0.2) is 11.6 Å². The van der Waals surface area contributed by atoms with Crippen molar-refractivity contribution in [2.24, 2.45) is 5.92 Å². The summed E-state index contributed by atoms with van der Waals surface area (Å²) in [6, 6.07) is 10.2. The molecule has 2 aliphatic heterocycles. The van der Waals surface area contributed by atoms with Gasteiger partial charge in [-0.25, -0.2) is 8.78 Å². The lowest BCUT2D eigenvalue weighted by Gasteiger charge is -2.37. The third kappa shape index (κ3) is 5.20. The molecular weight excluding hydrogens is 468 g/mol. The number of amides is 3. The van der Waals surface area contributed by atoms with Crippen molar-refractivity contribution in [3.05, 3.63) is 65.2 Å². The summed E-state index contributed by atoms with van der Waals surface area (Å²) >= 11 is 0. The summed E-state index contributed by atoms with van der Waals surface area (Å²) in [5, 5.41) is 0. The van der Waals surface area contributed by atoms with Crippen molar-refractivity contribution < 1.29 is 27.9 Å². The van der Waals surface area contributed by atoms with E-state index in [-0.39, 0.29) is 42.9 Å². The molecule has 0 N–H and O–H groups in total. The van der Waals surface area contributed by atoms with E-state index in [2.05, 4.69) is 6.92 Å². The molecule has 2 fully saturated rings. The van der Waals surface area contributed by atoms with Gasteiger partial charge in [0.25, 0.3) is 5.91 Å². The number of ether oxygens (including phenoxy) is 1. The second kappa shape index (κ2) is 11.1. The van der Waals surface area contributed by atoms with Crippen LogP contribution in [0.5, 0.6) is 5.75 Å². The molecule has 0 radical (unpaired) electrons. The molecule has 36 heavy (non-hydrogen) atoms. The van der Waals surface area contributed by atoms with Crippen LogP contribution in [-0.2, 0) is 9.59 Å². The lowest BCUT2D eigenvalue weighted by atomic mass is 9.91. The molecule has 2 heterocycles. The highest BCUT2D eigenvalue weighted by molar-refractivity contribution is 5.94. The van der Waals surface area contributed by atoms with E-state index in [9.17, 15) is 23.2 Å². The number of carbonyl (C=O) groups is 3. The Balaban J connectivity index is 1.47. The maximum absolute atomic E-state index is 13.6. The molecule has 0 aromatic heterocycles. The van der Waals surface area contributed by atoms with Crippen molar-refractivity contribution in [2.45, 2.75) is 32.2 Å². The van der Waals surface area contributed by atoms with Gasteiger partial charge >= 0.3 is 0 Å². The van der Waals surface area contributed by atoms with E-state index in [4.69, 9.17) is 4.74 Å². The van der Waals surface area contributed by atoms with Crippen molar-refractivity contribution in [3.63, 3.8) is 0 Å².